The molecule has 0 aliphatic carbocycles. The van der Waals surface area contributed by atoms with Crippen LogP contribution >= 0.6 is 0 Å². The van der Waals surface area contributed by atoms with E-state index < -0.39 is 6.04 Å². The zero-order valence-corrected chi connectivity index (χ0v) is 14.1. The maximum atomic E-state index is 12.5. The third-order valence-electron chi connectivity index (χ3n) is 3.76. The van der Waals surface area contributed by atoms with E-state index in [4.69, 9.17) is 0 Å². The standard InChI is InChI=1S/C17H22N4O2/c1-10-8-14(17(23)18-5)6-7-15(10)19-16(22)13(4)21-12(3)9-11(2)20-21/h6-9,13H,1-5H3,(H,18,23)(H,19,22). The highest BCUT2D eigenvalue weighted by Gasteiger charge is 2.18. The van der Waals surface area contributed by atoms with E-state index in [1.54, 1.807) is 29.9 Å². The lowest BCUT2D eigenvalue weighted by molar-refractivity contribution is -0.119. The first-order valence-corrected chi connectivity index (χ1v) is 7.50. The highest BCUT2D eigenvalue weighted by Crippen LogP contribution is 2.19. The van der Waals surface area contributed by atoms with Gasteiger partial charge in [-0.2, -0.15) is 5.10 Å². The van der Waals surface area contributed by atoms with Gasteiger partial charge in [0.15, 0.2) is 0 Å². The van der Waals surface area contributed by atoms with E-state index in [1.165, 1.54) is 0 Å². The van der Waals surface area contributed by atoms with Crippen LogP contribution < -0.4 is 10.6 Å². The lowest BCUT2D eigenvalue weighted by Gasteiger charge is -2.16. The van der Waals surface area contributed by atoms with Crippen molar-refractivity contribution in [1.29, 1.82) is 0 Å². The third kappa shape index (κ3) is 3.59. The Kier molecular flexibility index (Phi) is 4.83. The molecule has 2 rings (SSSR count). The van der Waals surface area contributed by atoms with Crippen LogP contribution in [0, 0.1) is 20.8 Å². The predicted molar refractivity (Wildman–Crippen MR) is 89.6 cm³/mol. The average Bonchev–Trinajstić information content (AvgIpc) is 2.86. The van der Waals surface area contributed by atoms with E-state index in [2.05, 4.69) is 15.7 Å². The van der Waals surface area contributed by atoms with Crippen LogP contribution in [0.15, 0.2) is 24.3 Å². The monoisotopic (exact) mass is 314 g/mol. The summed E-state index contributed by atoms with van der Waals surface area (Å²) in [4.78, 5) is 24.1. The molecule has 0 aliphatic rings. The van der Waals surface area contributed by atoms with Gasteiger partial charge in [-0.15, -0.1) is 0 Å². The molecule has 6 heteroatoms. The Labute approximate surface area is 135 Å². The van der Waals surface area contributed by atoms with Crippen molar-refractivity contribution in [3.8, 4) is 0 Å². The second-order valence-corrected chi connectivity index (χ2v) is 5.65. The molecule has 1 aromatic carbocycles. The van der Waals surface area contributed by atoms with Crippen molar-refractivity contribution in [2.24, 2.45) is 0 Å². The molecule has 0 bridgehead atoms. The number of carbonyl (C=O) groups excluding carboxylic acids is 2. The first kappa shape index (κ1) is 16.7. The van der Waals surface area contributed by atoms with Gasteiger partial charge >= 0.3 is 0 Å². The van der Waals surface area contributed by atoms with Crippen LogP contribution in [-0.2, 0) is 4.79 Å². The zero-order valence-electron chi connectivity index (χ0n) is 14.1. The molecule has 2 N–H and O–H groups in total. The second-order valence-electron chi connectivity index (χ2n) is 5.65. The quantitative estimate of drug-likeness (QED) is 0.909. The molecule has 1 unspecified atom stereocenters. The van der Waals surface area contributed by atoms with Gasteiger partial charge in [0.25, 0.3) is 5.91 Å². The van der Waals surface area contributed by atoms with Gasteiger partial charge in [0.2, 0.25) is 5.91 Å². The number of aryl methyl sites for hydroxylation is 3. The van der Waals surface area contributed by atoms with Gasteiger partial charge in [0.05, 0.1) is 5.69 Å². The maximum Gasteiger partial charge on any atom is 0.251 e. The Morgan fingerprint density at radius 2 is 1.87 bits per heavy atom. The van der Waals surface area contributed by atoms with Gasteiger partial charge in [-0.05, 0) is 57.5 Å². The molecular weight excluding hydrogens is 292 g/mol. The molecule has 0 radical (unpaired) electrons. The minimum Gasteiger partial charge on any atom is -0.355 e. The van der Waals surface area contributed by atoms with E-state index in [1.807, 2.05) is 33.8 Å². The minimum absolute atomic E-state index is 0.146. The first-order valence-electron chi connectivity index (χ1n) is 7.50. The third-order valence-corrected chi connectivity index (χ3v) is 3.76. The molecule has 0 aliphatic heterocycles. The molecule has 1 heterocycles. The van der Waals surface area contributed by atoms with Crippen LogP contribution in [0.2, 0.25) is 0 Å². The first-order chi connectivity index (χ1) is 10.8. The number of rotatable bonds is 4. The summed E-state index contributed by atoms with van der Waals surface area (Å²) in [5.41, 5.74) is 3.91. The van der Waals surface area contributed by atoms with Gasteiger partial charge < -0.3 is 10.6 Å². The lowest BCUT2D eigenvalue weighted by atomic mass is 10.1. The molecule has 1 aromatic heterocycles. The van der Waals surface area contributed by atoms with Crippen molar-refractivity contribution in [2.45, 2.75) is 33.7 Å². The van der Waals surface area contributed by atoms with Crippen LogP contribution in [-0.4, -0.2) is 28.6 Å². The Balaban J connectivity index is 2.17. The molecule has 0 spiro atoms. The van der Waals surface area contributed by atoms with E-state index in [-0.39, 0.29) is 11.8 Å². The summed E-state index contributed by atoms with van der Waals surface area (Å²) in [6, 6.07) is 6.71. The van der Waals surface area contributed by atoms with Gasteiger partial charge in [0.1, 0.15) is 6.04 Å². The molecule has 23 heavy (non-hydrogen) atoms. The molecule has 0 saturated carbocycles. The van der Waals surface area contributed by atoms with Gasteiger partial charge in [-0.25, -0.2) is 0 Å². The summed E-state index contributed by atoms with van der Waals surface area (Å²) in [6.45, 7) is 7.49. The number of carbonyl (C=O) groups is 2. The smallest absolute Gasteiger partial charge is 0.251 e. The van der Waals surface area contributed by atoms with E-state index in [9.17, 15) is 9.59 Å². The van der Waals surface area contributed by atoms with Crippen molar-refractivity contribution in [3.05, 3.63) is 46.8 Å². The van der Waals surface area contributed by atoms with Crippen molar-refractivity contribution >= 4 is 17.5 Å². The lowest BCUT2D eigenvalue weighted by Crippen LogP contribution is -2.25. The number of benzene rings is 1. The van der Waals surface area contributed by atoms with Crippen LogP contribution in [0.25, 0.3) is 0 Å². The highest BCUT2D eigenvalue weighted by atomic mass is 16.2. The molecule has 6 nitrogen and oxygen atoms in total. The summed E-state index contributed by atoms with van der Waals surface area (Å²) in [5.74, 6) is -0.297. The van der Waals surface area contributed by atoms with Crippen molar-refractivity contribution in [1.82, 2.24) is 15.1 Å². The summed E-state index contributed by atoms with van der Waals surface area (Å²) in [6.07, 6.45) is 0. The van der Waals surface area contributed by atoms with Crippen LogP contribution in [0.1, 0.15) is 40.3 Å². The second kappa shape index (κ2) is 6.64. The number of aromatic nitrogens is 2. The molecule has 1 atom stereocenters. The maximum absolute atomic E-state index is 12.5. The van der Waals surface area contributed by atoms with Crippen molar-refractivity contribution < 1.29 is 9.59 Å². The Morgan fingerprint density at radius 1 is 1.17 bits per heavy atom. The van der Waals surface area contributed by atoms with Crippen LogP contribution in [0.5, 0.6) is 0 Å². The van der Waals surface area contributed by atoms with Gasteiger partial charge in [0, 0.05) is 24.0 Å². The molecular formula is C17H22N4O2. The minimum atomic E-state index is -0.415. The van der Waals surface area contributed by atoms with E-state index in [0.29, 0.717) is 11.3 Å². The Bertz CT molecular complexity index is 749. The number of amides is 2. The zero-order chi connectivity index (χ0) is 17.1. The largest absolute Gasteiger partial charge is 0.355 e. The Hall–Kier alpha value is -2.63. The van der Waals surface area contributed by atoms with E-state index >= 15 is 0 Å². The summed E-state index contributed by atoms with van der Waals surface area (Å²) in [7, 11) is 1.59. The number of hydrogen-bond donors (Lipinski definition) is 2. The molecule has 0 fully saturated rings. The van der Waals surface area contributed by atoms with Gasteiger partial charge in [-0.1, -0.05) is 0 Å². The summed E-state index contributed by atoms with van der Waals surface area (Å²) in [5, 5.41) is 9.82. The molecule has 2 aromatic rings. The summed E-state index contributed by atoms with van der Waals surface area (Å²) < 4.78 is 1.71. The number of anilines is 1. The van der Waals surface area contributed by atoms with Gasteiger partial charge in [-0.3, -0.25) is 14.3 Å². The summed E-state index contributed by atoms with van der Waals surface area (Å²) >= 11 is 0. The fourth-order valence-corrected chi connectivity index (χ4v) is 2.48. The van der Waals surface area contributed by atoms with E-state index in [0.717, 1.165) is 17.0 Å². The Morgan fingerprint density at radius 3 is 2.39 bits per heavy atom. The highest BCUT2D eigenvalue weighted by molar-refractivity contribution is 5.97. The SMILES string of the molecule is CNC(=O)c1ccc(NC(=O)C(C)n2nc(C)cc2C)c(C)c1. The van der Waals surface area contributed by atoms with Crippen molar-refractivity contribution in [2.75, 3.05) is 12.4 Å². The molecule has 0 saturated heterocycles. The number of nitrogens with zero attached hydrogens (tertiary/aromatic N) is 2. The fraction of sp³-hybridized carbons (Fsp3) is 0.353. The number of hydrogen-bond acceptors (Lipinski definition) is 3. The topological polar surface area (TPSA) is 76.0 Å². The molecule has 122 valence electrons. The molecule has 2 amide bonds. The number of nitrogens with one attached hydrogen (secondary N) is 2. The van der Waals surface area contributed by atoms with Crippen molar-refractivity contribution in [3.63, 3.8) is 0 Å². The average molecular weight is 314 g/mol. The van der Waals surface area contributed by atoms with Crippen LogP contribution in [0.4, 0.5) is 5.69 Å². The predicted octanol–water partition coefficient (Wildman–Crippen LogP) is 2.37. The normalized spacial score (nSPS) is 11.9. The van der Waals surface area contributed by atoms with Crippen LogP contribution in [0.3, 0.4) is 0 Å². The fourth-order valence-electron chi connectivity index (χ4n) is 2.48.